The molecule has 1 atom stereocenters. The molecule has 1 N–H and O–H groups in total. The zero-order valence-electron chi connectivity index (χ0n) is 14.6. The van der Waals surface area contributed by atoms with Crippen LogP contribution < -0.4 is 10.1 Å². The maximum absolute atomic E-state index is 12.2. The van der Waals surface area contributed by atoms with Crippen molar-refractivity contribution in [2.75, 3.05) is 11.9 Å². The largest absolute Gasteiger partial charge is 0.481 e. The Hall–Kier alpha value is -2.24. The third kappa shape index (κ3) is 5.13. The van der Waals surface area contributed by atoms with Crippen molar-refractivity contribution in [3.63, 3.8) is 0 Å². The first-order chi connectivity index (χ1) is 12.3. The van der Waals surface area contributed by atoms with E-state index in [0.29, 0.717) is 16.5 Å². The summed E-state index contributed by atoms with van der Waals surface area (Å²) in [6, 6.07) is 10.5. The standard InChI is InChI=1S/C19H19Cl2NO4/c1-11-6-4-7-12(2)18(11)25-10-16(23)26-13(3)19(24)22-15-9-5-8-14(20)17(15)21/h4-9,13H,10H2,1-3H3,(H,22,24). The van der Waals surface area contributed by atoms with Crippen molar-refractivity contribution >= 4 is 40.8 Å². The van der Waals surface area contributed by atoms with Gasteiger partial charge in [0.2, 0.25) is 0 Å². The fourth-order valence-electron chi connectivity index (χ4n) is 2.28. The van der Waals surface area contributed by atoms with Crippen molar-refractivity contribution in [2.24, 2.45) is 0 Å². The fourth-order valence-corrected chi connectivity index (χ4v) is 2.63. The third-order valence-electron chi connectivity index (χ3n) is 3.63. The number of amides is 1. The summed E-state index contributed by atoms with van der Waals surface area (Å²) in [5, 5.41) is 3.11. The van der Waals surface area contributed by atoms with Crippen LogP contribution in [0.2, 0.25) is 10.0 Å². The molecule has 0 saturated heterocycles. The minimum atomic E-state index is -1.01. The summed E-state index contributed by atoms with van der Waals surface area (Å²) in [5.74, 6) is -0.533. The van der Waals surface area contributed by atoms with E-state index in [1.54, 1.807) is 18.2 Å². The van der Waals surface area contributed by atoms with Crippen LogP contribution in [-0.2, 0) is 14.3 Å². The van der Waals surface area contributed by atoms with E-state index in [9.17, 15) is 9.59 Å². The Morgan fingerprint density at radius 3 is 2.35 bits per heavy atom. The number of hydrogen-bond acceptors (Lipinski definition) is 4. The highest BCUT2D eigenvalue weighted by atomic mass is 35.5. The Balaban J connectivity index is 1.90. The van der Waals surface area contributed by atoms with E-state index in [1.165, 1.54) is 6.92 Å². The van der Waals surface area contributed by atoms with Crippen molar-refractivity contribution in [2.45, 2.75) is 26.9 Å². The molecule has 1 amide bonds. The number of halogens is 2. The number of para-hydroxylation sites is 1. The van der Waals surface area contributed by atoms with Gasteiger partial charge in [0.1, 0.15) is 5.75 Å². The van der Waals surface area contributed by atoms with Crippen molar-refractivity contribution < 1.29 is 19.1 Å². The van der Waals surface area contributed by atoms with E-state index in [0.717, 1.165) is 11.1 Å². The van der Waals surface area contributed by atoms with Gasteiger partial charge in [-0.1, -0.05) is 47.5 Å². The lowest BCUT2D eigenvalue weighted by molar-refractivity contribution is -0.155. The van der Waals surface area contributed by atoms with Gasteiger partial charge < -0.3 is 14.8 Å². The number of carbonyl (C=O) groups is 2. The van der Waals surface area contributed by atoms with E-state index in [-0.39, 0.29) is 11.6 Å². The van der Waals surface area contributed by atoms with Crippen molar-refractivity contribution in [3.8, 4) is 5.75 Å². The second kappa shape index (κ2) is 8.92. The maximum Gasteiger partial charge on any atom is 0.344 e. The number of ether oxygens (including phenoxy) is 2. The third-order valence-corrected chi connectivity index (χ3v) is 4.45. The summed E-state index contributed by atoms with van der Waals surface area (Å²) in [6.07, 6.45) is -1.01. The molecule has 0 aliphatic rings. The zero-order chi connectivity index (χ0) is 19.3. The van der Waals surface area contributed by atoms with Crippen LogP contribution in [0.3, 0.4) is 0 Å². The second-order valence-electron chi connectivity index (χ2n) is 5.73. The molecule has 0 spiro atoms. The summed E-state index contributed by atoms with van der Waals surface area (Å²) < 4.78 is 10.6. The van der Waals surface area contributed by atoms with Crippen LogP contribution in [0.4, 0.5) is 5.69 Å². The molecule has 2 rings (SSSR count). The van der Waals surface area contributed by atoms with E-state index < -0.39 is 18.0 Å². The molecule has 2 aromatic carbocycles. The highest BCUT2D eigenvalue weighted by molar-refractivity contribution is 6.44. The monoisotopic (exact) mass is 395 g/mol. The SMILES string of the molecule is Cc1cccc(C)c1OCC(=O)OC(C)C(=O)Nc1cccc(Cl)c1Cl. The van der Waals surface area contributed by atoms with Gasteiger partial charge in [-0.15, -0.1) is 0 Å². The molecule has 0 fully saturated rings. The first-order valence-electron chi connectivity index (χ1n) is 7.93. The Labute approximate surface area is 162 Å². The molecule has 5 nitrogen and oxygen atoms in total. The summed E-state index contributed by atoms with van der Waals surface area (Å²) in [6.45, 7) is 4.95. The predicted molar refractivity (Wildman–Crippen MR) is 102 cm³/mol. The van der Waals surface area contributed by atoms with Gasteiger partial charge in [-0.25, -0.2) is 4.79 Å². The molecule has 0 bridgehead atoms. The fraction of sp³-hybridized carbons (Fsp3) is 0.263. The quantitative estimate of drug-likeness (QED) is 0.728. The first kappa shape index (κ1) is 20.1. The molecule has 0 radical (unpaired) electrons. The molecular weight excluding hydrogens is 377 g/mol. The summed E-state index contributed by atoms with van der Waals surface area (Å²) in [7, 11) is 0. The Morgan fingerprint density at radius 1 is 1.08 bits per heavy atom. The lowest BCUT2D eigenvalue weighted by Crippen LogP contribution is -2.31. The molecule has 0 aliphatic carbocycles. The molecule has 0 aromatic heterocycles. The Bertz CT molecular complexity index is 803. The Morgan fingerprint density at radius 2 is 1.69 bits per heavy atom. The van der Waals surface area contributed by atoms with Crippen LogP contribution in [0, 0.1) is 13.8 Å². The number of benzene rings is 2. The van der Waals surface area contributed by atoms with Crippen LogP contribution >= 0.6 is 23.2 Å². The van der Waals surface area contributed by atoms with E-state index in [4.69, 9.17) is 32.7 Å². The van der Waals surface area contributed by atoms with Gasteiger partial charge in [-0.3, -0.25) is 4.79 Å². The predicted octanol–water partition coefficient (Wildman–Crippen LogP) is 4.56. The number of aryl methyl sites for hydroxylation is 2. The number of rotatable bonds is 6. The molecule has 0 saturated carbocycles. The van der Waals surface area contributed by atoms with Gasteiger partial charge in [0, 0.05) is 0 Å². The van der Waals surface area contributed by atoms with Gasteiger partial charge >= 0.3 is 5.97 Å². The lowest BCUT2D eigenvalue weighted by atomic mass is 10.1. The normalized spacial score (nSPS) is 11.6. The molecule has 26 heavy (non-hydrogen) atoms. The van der Waals surface area contributed by atoms with Gasteiger partial charge in [-0.05, 0) is 44.0 Å². The van der Waals surface area contributed by atoms with Gasteiger partial charge in [0.05, 0.1) is 15.7 Å². The van der Waals surface area contributed by atoms with Gasteiger partial charge in [0.25, 0.3) is 5.91 Å². The van der Waals surface area contributed by atoms with Crippen LogP contribution in [0.1, 0.15) is 18.1 Å². The van der Waals surface area contributed by atoms with E-state index in [1.807, 2.05) is 32.0 Å². The summed E-state index contributed by atoms with van der Waals surface area (Å²) >= 11 is 11.9. The number of hydrogen-bond donors (Lipinski definition) is 1. The zero-order valence-corrected chi connectivity index (χ0v) is 16.1. The van der Waals surface area contributed by atoms with Crippen LogP contribution in [0.5, 0.6) is 5.75 Å². The highest BCUT2D eigenvalue weighted by Crippen LogP contribution is 2.29. The van der Waals surface area contributed by atoms with Gasteiger partial charge in [-0.2, -0.15) is 0 Å². The molecule has 0 heterocycles. The number of anilines is 1. The Kier molecular flexibility index (Phi) is 6.89. The van der Waals surface area contributed by atoms with Crippen LogP contribution in [0.25, 0.3) is 0 Å². The van der Waals surface area contributed by atoms with Crippen LogP contribution in [0.15, 0.2) is 36.4 Å². The van der Waals surface area contributed by atoms with Crippen molar-refractivity contribution in [1.82, 2.24) is 0 Å². The maximum atomic E-state index is 12.2. The van der Waals surface area contributed by atoms with Crippen molar-refractivity contribution in [1.29, 1.82) is 0 Å². The molecule has 7 heteroatoms. The first-order valence-corrected chi connectivity index (χ1v) is 8.68. The molecule has 138 valence electrons. The second-order valence-corrected chi connectivity index (χ2v) is 6.52. The average molecular weight is 396 g/mol. The minimum Gasteiger partial charge on any atom is -0.481 e. The lowest BCUT2D eigenvalue weighted by Gasteiger charge is -2.16. The van der Waals surface area contributed by atoms with E-state index in [2.05, 4.69) is 5.32 Å². The number of nitrogens with one attached hydrogen (secondary N) is 1. The molecular formula is C19H19Cl2NO4. The van der Waals surface area contributed by atoms with E-state index >= 15 is 0 Å². The number of esters is 1. The van der Waals surface area contributed by atoms with Gasteiger partial charge in [0.15, 0.2) is 12.7 Å². The summed E-state index contributed by atoms with van der Waals surface area (Å²) in [4.78, 5) is 24.1. The summed E-state index contributed by atoms with van der Waals surface area (Å²) in [5.41, 5.74) is 2.18. The molecule has 2 aromatic rings. The minimum absolute atomic E-state index is 0.222. The molecule has 0 aliphatic heterocycles. The van der Waals surface area contributed by atoms with Crippen LogP contribution in [-0.4, -0.2) is 24.6 Å². The smallest absolute Gasteiger partial charge is 0.344 e. The topological polar surface area (TPSA) is 64.6 Å². The number of carbonyl (C=O) groups excluding carboxylic acids is 2. The highest BCUT2D eigenvalue weighted by Gasteiger charge is 2.20. The molecule has 1 unspecified atom stereocenters. The van der Waals surface area contributed by atoms with Crippen molar-refractivity contribution in [3.05, 3.63) is 57.6 Å². The average Bonchev–Trinajstić information content (AvgIpc) is 2.58.